The molecular weight excluding hydrogens is 384 g/mol. The summed E-state index contributed by atoms with van der Waals surface area (Å²) in [7, 11) is 1.66. The van der Waals surface area contributed by atoms with Crippen molar-refractivity contribution in [3.63, 3.8) is 0 Å². The number of ether oxygens (including phenoxy) is 2. The average molecular weight is 413 g/mol. The lowest BCUT2D eigenvalue weighted by molar-refractivity contribution is 0.0225. The number of rotatable bonds is 5. The number of likely N-dealkylation sites (tertiary alicyclic amines) is 1. The van der Waals surface area contributed by atoms with Crippen LogP contribution in [0.25, 0.3) is 0 Å². The Balaban J connectivity index is 1.93. The van der Waals surface area contributed by atoms with Gasteiger partial charge in [0.15, 0.2) is 0 Å². The highest BCUT2D eigenvalue weighted by Gasteiger charge is 2.32. The standard InChI is InChI=1S/C19H29BrN2O3/c1-13(14-8-9-17(24-5)16(20)11-14)21-12-15-7-6-10-22(15)18(23)25-19(2,3)4/h8-9,11,13,15,21H,6-7,10,12H2,1-5H3. The lowest BCUT2D eigenvalue weighted by Gasteiger charge is -2.29. The summed E-state index contributed by atoms with van der Waals surface area (Å²) in [6.45, 7) is 9.35. The second-order valence-electron chi connectivity index (χ2n) is 7.49. The summed E-state index contributed by atoms with van der Waals surface area (Å²) >= 11 is 3.53. The molecule has 5 nitrogen and oxygen atoms in total. The zero-order valence-corrected chi connectivity index (χ0v) is 17.4. The molecule has 2 unspecified atom stereocenters. The van der Waals surface area contributed by atoms with Crippen LogP contribution in [-0.2, 0) is 4.74 Å². The minimum atomic E-state index is -0.458. The zero-order chi connectivity index (χ0) is 18.6. The molecule has 0 spiro atoms. The van der Waals surface area contributed by atoms with Crippen molar-refractivity contribution in [2.24, 2.45) is 0 Å². The number of benzene rings is 1. The van der Waals surface area contributed by atoms with E-state index in [0.29, 0.717) is 0 Å². The van der Waals surface area contributed by atoms with E-state index >= 15 is 0 Å². The van der Waals surface area contributed by atoms with E-state index in [2.05, 4.69) is 40.3 Å². The number of amides is 1. The molecule has 0 aliphatic carbocycles. The first kappa shape index (κ1) is 20.0. The molecule has 25 heavy (non-hydrogen) atoms. The van der Waals surface area contributed by atoms with Crippen LogP contribution in [-0.4, -0.2) is 42.8 Å². The van der Waals surface area contributed by atoms with Crippen molar-refractivity contribution >= 4 is 22.0 Å². The summed E-state index contributed by atoms with van der Waals surface area (Å²) in [4.78, 5) is 14.2. The van der Waals surface area contributed by atoms with E-state index in [1.54, 1.807) is 7.11 Å². The van der Waals surface area contributed by atoms with Crippen molar-refractivity contribution < 1.29 is 14.3 Å². The van der Waals surface area contributed by atoms with Gasteiger partial charge in [-0.05, 0) is 74.2 Å². The Morgan fingerprint density at radius 3 is 2.76 bits per heavy atom. The van der Waals surface area contributed by atoms with Gasteiger partial charge in [-0.1, -0.05) is 6.07 Å². The normalized spacial score (nSPS) is 19.0. The molecule has 1 saturated heterocycles. The Morgan fingerprint density at radius 1 is 1.44 bits per heavy atom. The highest BCUT2D eigenvalue weighted by atomic mass is 79.9. The van der Waals surface area contributed by atoms with Crippen molar-refractivity contribution in [1.29, 1.82) is 0 Å². The van der Waals surface area contributed by atoms with E-state index in [4.69, 9.17) is 9.47 Å². The van der Waals surface area contributed by atoms with Gasteiger partial charge in [-0.15, -0.1) is 0 Å². The fourth-order valence-corrected chi connectivity index (χ4v) is 3.55. The van der Waals surface area contributed by atoms with E-state index in [9.17, 15) is 4.79 Å². The molecule has 1 aromatic rings. The molecule has 6 heteroatoms. The highest BCUT2D eigenvalue weighted by Crippen LogP contribution is 2.28. The smallest absolute Gasteiger partial charge is 0.410 e. The Kier molecular flexibility index (Phi) is 6.74. The second kappa shape index (κ2) is 8.41. The van der Waals surface area contributed by atoms with Gasteiger partial charge in [0.05, 0.1) is 11.6 Å². The number of nitrogens with one attached hydrogen (secondary N) is 1. The maximum atomic E-state index is 12.4. The lowest BCUT2D eigenvalue weighted by atomic mass is 10.1. The molecule has 140 valence electrons. The van der Waals surface area contributed by atoms with Gasteiger partial charge in [-0.2, -0.15) is 0 Å². The molecule has 1 fully saturated rings. The SMILES string of the molecule is COc1ccc(C(C)NCC2CCCN2C(=O)OC(C)(C)C)cc1Br. The molecule has 2 atom stereocenters. The van der Waals surface area contributed by atoms with Crippen molar-refractivity contribution in [1.82, 2.24) is 10.2 Å². The largest absolute Gasteiger partial charge is 0.496 e. The maximum Gasteiger partial charge on any atom is 0.410 e. The van der Waals surface area contributed by atoms with Gasteiger partial charge in [0, 0.05) is 25.2 Å². The fraction of sp³-hybridized carbons (Fsp3) is 0.632. The van der Waals surface area contributed by atoms with E-state index in [1.165, 1.54) is 5.56 Å². The summed E-state index contributed by atoms with van der Waals surface area (Å²) in [5, 5.41) is 3.54. The molecule has 1 aliphatic heterocycles. The zero-order valence-electron chi connectivity index (χ0n) is 15.8. The number of hydrogen-bond donors (Lipinski definition) is 1. The van der Waals surface area contributed by atoms with Gasteiger partial charge in [-0.25, -0.2) is 4.79 Å². The predicted octanol–water partition coefficient (Wildman–Crippen LogP) is 4.51. The molecule has 0 aromatic heterocycles. The lowest BCUT2D eigenvalue weighted by Crippen LogP contribution is -2.44. The molecule has 1 heterocycles. The molecule has 1 N–H and O–H groups in total. The Hall–Kier alpha value is -1.27. The number of nitrogens with zero attached hydrogens (tertiary/aromatic N) is 1. The molecule has 0 bridgehead atoms. The van der Waals surface area contributed by atoms with Crippen molar-refractivity contribution in [3.05, 3.63) is 28.2 Å². The minimum Gasteiger partial charge on any atom is -0.496 e. The third kappa shape index (κ3) is 5.61. The summed E-state index contributed by atoms with van der Waals surface area (Å²) in [5.41, 5.74) is 0.717. The predicted molar refractivity (Wildman–Crippen MR) is 103 cm³/mol. The van der Waals surface area contributed by atoms with Crippen LogP contribution in [0.2, 0.25) is 0 Å². The number of carbonyl (C=O) groups is 1. The van der Waals surface area contributed by atoms with Crippen LogP contribution in [0, 0.1) is 0 Å². The molecule has 1 aliphatic rings. The van der Waals surface area contributed by atoms with E-state index in [1.807, 2.05) is 31.7 Å². The number of methoxy groups -OCH3 is 1. The van der Waals surface area contributed by atoms with Crippen molar-refractivity contribution in [2.75, 3.05) is 20.2 Å². The first-order chi connectivity index (χ1) is 11.7. The quantitative estimate of drug-likeness (QED) is 0.772. The van der Waals surface area contributed by atoms with Gasteiger partial charge in [0.1, 0.15) is 11.4 Å². The Labute approximate surface area is 159 Å². The van der Waals surface area contributed by atoms with Gasteiger partial charge in [0.2, 0.25) is 0 Å². The van der Waals surface area contributed by atoms with Gasteiger partial charge in [-0.3, -0.25) is 0 Å². The topological polar surface area (TPSA) is 50.8 Å². The third-order valence-electron chi connectivity index (χ3n) is 4.34. The summed E-state index contributed by atoms with van der Waals surface area (Å²) in [6.07, 6.45) is 1.82. The van der Waals surface area contributed by atoms with E-state index < -0.39 is 5.60 Å². The van der Waals surface area contributed by atoms with Gasteiger partial charge >= 0.3 is 6.09 Å². The third-order valence-corrected chi connectivity index (χ3v) is 4.96. The number of halogens is 1. The first-order valence-corrected chi connectivity index (χ1v) is 9.57. The van der Waals surface area contributed by atoms with Gasteiger partial charge in [0.25, 0.3) is 0 Å². The molecule has 0 saturated carbocycles. The minimum absolute atomic E-state index is 0.180. The van der Waals surface area contributed by atoms with E-state index in [0.717, 1.165) is 36.2 Å². The maximum absolute atomic E-state index is 12.4. The van der Waals surface area contributed by atoms with E-state index in [-0.39, 0.29) is 18.2 Å². The van der Waals surface area contributed by atoms with Crippen LogP contribution in [0.1, 0.15) is 52.1 Å². The highest BCUT2D eigenvalue weighted by molar-refractivity contribution is 9.10. The number of carbonyl (C=O) groups excluding carboxylic acids is 1. The van der Waals surface area contributed by atoms with Crippen LogP contribution < -0.4 is 10.1 Å². The fourth-order valence-electron chi connectivity index (χ4n) is 2.99. The van der Waals surface area contributed by atoms with Gasteiger partial charge < -0.3 is 19.7 Å². The summed E-state index contributed by atoms with van der Waals surface area (Å²) in [6, 6.07) is 6.45. The van der Waals surface area contributed by atoms with Crippen molar-refractivity contribution in [3.8, 4) is 5.75 Å². The second-order valence-corrected chi connectivity index (χ2v) is 8.35. The number of hydrogen-bond acceptors (Lipinski definition) is 4. The molecular formula is C19H29BrN2O3. The van der Waals surface area contributed by atoms with Crippen LogP contribution in [0.4, 0.5) is 4.79 Å². The molecule has 0 radical (unpaired) electrons. The molecule has 2 rings (SSSR count). The average Bonchev–Trinajstić information content (AvgIpc) is 2.99. The van der Waals surface area contributed by atoms with Crippen LogP contribution in [0.3, 0.4) is 0 Å². The summed E-state index contributed by atoms with van der Waals surface area (Å²) in [5.74, 6) is 0.822. The van der Waals surface area contributed by atoms with Crippen molar-refractivity contribution in [2.45, 2.75) is 58.2 Å². The monoisotopic (exact) mass is 412 g/mol. The Bertz CT molecular complexity index is 601. The molecule has 1 aromatic carbocycles. The van der Waals surface area contributed by atoms with Crippen LogP contribution >= 0.6 is 15.9 Å². The van der Waals surface area contributed by atoms with Crippen LogP contribution in [0.15, 0.2) is 22.7 Å². The molecule has 1 amide bonds. The summed E-state index contributed by atoms with van der Waals surface area (Å²) < 4.78 is 11.7. The Morgan fingerprint density at radius 2 is 2.16 bits per heavy atom. The van der Waals surface area contributed by atoms with Crippen LogP contribution in [0.5, 0.6) is 5.75 Å². The first-order valence-electron chi connectivity index (χ1n) is 8.77.